The van der Waals surface area contributed by atoms with Crippen LogP contribution in [-0.4, -0.2) is 41.8 Å². The second-order valence-electron chi connectivity index (χ2n) is 11.6. The molecular formula is C33H32Cl2N4O3. The summed E-state index contributed by atoms with van der Waals surface area (Å²) in [6, 6.07) is 10.5. The number of rotatable bonds is 4. The van der Waals surface area contributed by atoms with Gasteiger partial charge < -0.3 is 20.9 Å². The molecule has 4 atom stereocenters. The summed E-state index contributed by atoms with van der Waals surface area (Å²) in [5, 5.41) is 11.2. The highest BCUT2D eigenvalue weighted by molar-refractivity contribution is 6.31. The van der Waals surface area contributed by atoms with Crippen LogP contribution in [0.5, 0.6) is 0 Å². The minimum absolute atomic E-state index is 0.0724. The second-order valence-corrected chi connectivity index (χ2v) is 12.5. The minimum Gasteiger partial charge on any atom is -0.382 e. The maximum absolute atomic E-state index is 14.4. The molecule has 1 unspecified atom stereocenters. The molecule has 0 saturated carbocycles. The van der Waals surface area contributed by atoms with Gasteiger partial charge in [0, 0.05) is 65.0 Å². The van der Waals surface area contributed by atoms with Crippen molar-refractivity contribution in [3.63, 3.8) is 0 Å². The number of terminal acetylenes is 1. The first-order valence-electron chi connectivity index (χ1n) is 14.3. The molecule has 1 aliphatic carbocycles. The van der Waals surface area contributed by atoms with Crippen LogP contribution >= 0.6 is 23.2 Å². The Bertz CT molecular complexity index is 1570. The van der Waals surface area contributed by atoms with Gasteiger partial charge in [0.2, 0.25) is 17.7 Å². The molecule has 3 heterocycles. The highest BCUT2D eigenvalue weighted by Crippen LogP contribution is 2.58. The molecule has 0 bridgehead atoms. The predicted octanol–water partition coefficient (Wildman–Crippen LogP) is 5.51. The molecule has 0 aromatic heterocycles. The smallest absolute Gasteiger partial charge is 0.237 e. The largest absolute Gasteiger partial charge is 0.382 e. The fourth-order valence-corrected chi connectivity index (χ4v) is 7.65. The third kappa shape index (κ3) is 4.87. The minimum atomic E-state index is -1.15. The van der Waals surface area contributed by atoms with E-state index in [-0.39, 0.29) is 36.1 Å². The Labute approximate surface area is 255 Å². The Morgan fingerprint density at radius 1 is 1.12 bits per heavy atom. The lowest BCUT2D eigenvalue weighted by Crippen LogP contribution is -2.59. The monoisotopic (exact) mass is 602 g/mol. The van der Waals surface area contributed by atoms with Gasteiger partial charge >= 0.3 is 0 Å². The highest BCUT2D eigenvalue weighted by Gasteiger charge is 2.62. The number of carbonyl (C=O) groups is 3. The summed E-state index contributed by atoms with van der Waals surface area (Å²) >= 11 is 12.9. The molecule has 2 fully saturated rings. The number of hydrogen-bond donors (Lipinski definition) is 3. The maximum Gasteiger partial charge on any atom is 0.237 e. The van der Waals surface area contributed by atoms with Crippen LogP contribution in [0.4, 0.5) is 11.4 Å². The number of benzene rings is 2. The lowest BCUT2D eigenvalue weighted by molar-refractivity contribution is -0.135. The first-order valence-corrected chi connectivity index (χ1v) is 15.0. The SMILES string of the molecule is C#Cc1ccc(NC2CCN(C(C)=O)CC2)c([C@H]2NC(=O)C[C@@H](C3C=CC=C(Cl)C3)[C@]23C(=O)Nc2cc(Cl)ccc23)c1. The third-order valence-corrected chi connectivity index (χ3v) is 9.73. The quantitative estimate of drug-likeness (QED) is 0.402. The lowest BCUT2D eigenvalue weighted by atomic mass is 9.56. The predicted molar refractivity (Wildman–Crippen MR) is 165 cm³/mol. The molecule has 216 valence electrons. The lowest BCUT2D eigenvalue weighted by Gasteiger charge is -2.49. The summed E-state index contributed by atoms with van der Waals surface area (Å²) in [6.45, 7) is 2.92. The van der Waals surface area contributed by atoms with E-state index in [9.17, 15) is 14.4 Å². The van der Waals surface area contributed by atoms with Gasteiger partial charge in [-0.1, -0.05) is 47.3 Å². The molecule has 7 nitrogen and oxygen atoms in total. The van der Waals surface area contributed by atoms with Crippen molar-refractivity contribution in [2.24, 2.45) is 11.8 Å². The Hall–Kier alpha value is -3.73. The Morgan fingerprint density at radius 2 is 1.90 bits per heavy atom. The third-order valence-electron chi connectivity index (χ3n) is 9.21. The fourth-order valence-electron chi connectivity index (χ4n) is 7.23. The van der Waals surface area contributed by atoms with Crippen LogP contribution < -0.4 is 16.0 Å². The number of nitrogens with zero attached hydrogens (tertiary/aromatic N) is 1. The number of anilines is 2. The summed E-state index contributed by atoms with van der Waals surface area (Å²) in [6.07, 6.45) is 13.9. The number of nitrogens with one attached hydrogen (secondary N) is 3. The van der Waals surface area contributed by atoms with Crippen molar-refractivity contribution in [3.05, 3.63) is 81.4 Å². The molecule has 2 aromatic carbocycles. The van der Waals surface area contributed by atoms with Crippen LogP contribution in [0.25, 0.3) is 0 Å². The molecule has 42 heavy (non-hydrogen) atoms. The van der Waals surface area contributed by atoms with Gasteiger partial charge in [-0.15, -0.1) is 6.42 Å². The van der Waals surface area contributed by atoms with E-state index in [1.165, 1.54) is 0 Å². The summed E-state index contributed by atoms with van der Waals surface area (Å²) in [5.74, 6) is 1.92. The fraction of sp³-hybridized carbons (Fsp3) is 0.364. The van der Waals surface area contributed by atoms with Crippen LogP contribution in [0.1, 0.15) is 55.3 Å². The zero-order valence-electron chi connectivity index (χ0n) is 23.3. The standard InChI is InChI=1S/C33H32Cl2N4O3/c1-3-20-7-10-28(36-24-11-13-39(14-12-24)19(2)40)25(15-20)31-33(26-9-8-23(35)17-29(26)37-32(33)42)27(18-30(41)38-31)21-5-4-6-22(34)16-21/h1,4-10,15,17,21,24,27,31,36H,11-14,16,18H2,2H3,(H,37,42)(H,38,41)/t21?,27-,31+,33-/m0/s1. The summed E-state index contributed by atoms with van der Waals surface area (Å²) in [4.78, 5) is 41.7. The summed E-state index contributed by atoms with van der Waals surface area (Å²) < 4.78 is 0. The number of piperidine rings is 2. The highest BCUT2D eigenvalue weighted by atomic mass is 35.5. The topological polar surface area (TPSA) is 90.5 Å². The van der Waals surface area contributed by atoms with E-state index >= 15 is 0 Å². The number of fused-ring (bicyclic) bond motifs is 2. The summed E-state index contributed by atoms with van der Waals surface area (Å²) in [5.41, 5.74) is 2.47. The van der Waals surface area contributed by atoms with E-state index < -0.39 is 17.4 Å². The van der Waals surface area contributed by atoms with Gasteiger partial charge in [0.05, 0.1) is 6.04 Å². The maximum atomic E-state index is 14.4. The van der Waals surface area contributed by atoms with Gasteiger partial charge in [-0.2, -0.15) is 0 Å². The van der Waals surface area contributed by atoms with Crippen LogP contribution in [0.15, 0.2) is 59.7 Å². The van der Waals surface area contributed by atoms with Crippen molar-refractivity contribution in [2.45, 2.75) is 50.1 Å². The molecule has 1 spiro atoms. The molecule has 9 heteroatoms. The van der Waals surface area contributed by atoms with Gasteiger partial charge in [0.15, 0.2) is 0 Å². The Kier molecular flexibility index (Phi) is 7.55. The van der Waals surface area contributed by atoms with E-state index in [4.69, 9.17) is 29.6 Å². The van der Waals surface area contributed by atoms with E-state index in [1.54, 1.807) is 19.1 Å². The van der Waals surface area contributed by atoms with Gasteiger partial charge in [0.1, 0.15) is 5.41 Å². The number of halogens is 2. The molecule has 3 amide bonds. The van der Waals surface area contributed by atoms with Crippen molar-refractivity contribution in [3.8, 4) is 12.3 Å². The molecule has 0 radical (unpaired) electrons. The Balaban J connectivity index is 1.49. The number of likely N-dealkylation sites (tertiary alicyclic amines) is 1. The van der Waals surface area contributed by atoms with Gasteiger partial charge in [-0.05, 0) is 73.1 Å². The Morgan fingerprint density at radius 3 is 2.62 bits per heavy atom. The van der Waals surface area contributed by atoms with E-state index in [1.807, 2.05) is 41.3 Å². The first-order chi connectivity index (χ1) is 20.2. The molecule has 3 aliphatic heterocycles. The van der Waals surface area contributed by atoms with Crippen LogP contribution in [0.3, 0.4) is 0 Å². The molecule has 6 rings (SSSR count). The molecule has 2 saturated heterocycles. The number of carbonyl (C=O) groups excluding carboxylic acids is 3. The molecular weight excluding hydrogens is 571 g/mol. The molecule has 3 N–H and O–H groups in total. The second kappa shape index (κ2) is 11.2. The van der Waals surface area contributed by atoms with Crippen molar-refractivity contribution >= 4 is 52.3 Å². The van der Waals surface area contributed by atoms with Crippen LogP contribution in [0.2, 0.25) is 5.02 Å². The van der Waals surface area contributed by atoms with Gasteiger partial charge in [0.25, 0.3) is 0 Å². The van der Waals surface area contributed by atoms with Crippen molar-refractivity contribution < 1.29 is 14.4 Å². The van der Waals surface area contributed by atoms with E-state index in [0.29, 0.717) is 40.8 Å². The van der Waals surface area contributed by atoms with Crippen molar-refractivity contribution in [1.82, 2.24) is 10.2 Å². The van der Waals surface area contributed by atoms with Gasteiger partial charge in [-0.3, -0.25) is 14.4 Å². The van der Waals surface area contributed by atoms with Crippen LogP contribution in [0, 0.1) is 24.2 Å². The van der Waals surface area contributed by atoms with E-state index in [2.05, 4.69) is 27.9 Å². The van der Waals surface area contributed by atoms with Gasteiger partial charge in [-0.25, -0.2) is 0 Å². The number of hydrogen-bond acceptors (Lipinski definition) is 4. The molecule has 4 aliphatic rings. The average Bonchev–Trinajstić information content (AvgIpc) is 3.25. The van der Waals surface area contributed by atoms with Crippen molar-refractivity contribution in [2.75, 3.05) is 23.7 Å². The first kappa shape index (κ1) is 28.4. The average molecular weight is 604 g/mol. The number of amides is 3. The molecule has 2 aromatic rings. The van der Waals surface area contributed by atoms with Crippen LogP contribution in [-0.2, 0) is 19.8 Å². The normalized spacial score (nSPS) is 27.1. The summed E-state index contributed by atoms with van der Waals surface area (Å²) in [7, 11) is 0. The zero-order valence-corrected chi connectivity index (χ0v) is 24.8. The van der Waals surface area contributed by atoms with E-state index in [0.717, 1.165) is 29.7 Å². The van der Waals surface area contributed by atoms with Crippen molar-refractivity contribution in [1.29, 1.82) is 0 Å². The number of allylic oxidation sites excluding steroid dienone is 4. The zero-order chi connectivity index (χ0) is 29.6.